The minimum absolute atomic E-state index is 0.0396. The lowest BCUT2D eigenvalue weighted by atomic mass is 9.41. The topological polar surface area (TPSA) is 226 Å². The number of methoxy groups -OCH3 is 1. The van der Waals surface area contributed by atoms with Gasteiger partial charge in [-0.1, -0.05) is 162 Å². The van der Waals surface area contributed by atoms with E-state index >= 15 is 0 Å². The third-order valence-electron chi connectivity index (χ3n) is 27.2. The molecule has 0 amide bonds. The molecule has 11 bridgehead atoms. The molecular weight excluding hydrogens is 1340 g/mol. The van der Waals surface area contributed by atoms with E-state index in [1.54, 1.807) is 13.2 Å². The molecule has 15 nitrogen and oxygen atoms in total. The van der Waals surface area contributed by atoms with Crippen molar-refractivity contribution in [2.45, 2.75) is 193 Å². The average molecular weight is 1440 g/mol. The second kappa shape index (κ2) is 27.0. The van der Waals surface area contributed by atoms with Gasteiger partial charge in [-0.05, 0) is 152 Å². The summed E-state index contributed by atoms with van der Waals surface area (Å²) in [6, 6.07) is 27.5. The Morgan fingerprint density at radius 3 is 2.60 bits per heavy atom. The summed E-state index contributed by atoms with van der Waals surface area (Å²) in [5, 5.41) is 75.7. The molecule has 18 atom stereocenters. The number of fused-ring (bicyclic) bond motifs is 13. The first-order valence-electron chi connectivity index (χ1n) is 38.5. The maximum absolute atomic E-state index is 14.8. The van der Waals surface area contributed by atoms with Crippen molar-refractivity contribution in [3.8, 4) is 63.6 Å². The number of aromatic hydroxyl groups is 2. The zero-order valence-corrected chi connectivity index (χ0v) is 61.4. The van der Waals surface area contributed by atoms with Gasteiger partial charge in [-0.2, -0.15) is 0 Å². The van der Waals surface area contributed by atoms with E-state index in [2.05, 4.69) is 138 Å². The lowest BCUT2D eigenvalue weighted by Crippen LogP contribution is -2.64. The highest BCUT2D eigenvalue weighted by Gasteiger charge is 2.72. The predicted molar refractivity (Wildman–Crippen MR) is 405 cm³/mol. The fourth-order valence-corrected chi connectivity index (χ4v) is 26.1. The molecule has 7 aliphatic carbocycles. The fourth-order valence-electron chi connectivity index (χ4n) is 22.8. The van der Waals surface area contributed by atoms with E-state index in [4.69, 9.17) is 29.4 Å². The summed E-state index contributed by atoms with van der Waals surface area (Å²) < 4.78 is 35.3. The Hall–Kier alpha value is -7.13. The van der Waals surface area contributed by atoms with Crippen LogP contribution in [0, 0.1) is 58.7 Å². The highest BCUT2D eigenvalue weighted by molar-refractivity contribution is 8.77. The number of phenolic OH excluding ortho intramolecular Hbond substituents is 2. The molecule has 13 aliphatic rings. The van der Waals surface area contributed by atoms with Crippen LogP contribution >= 0.6 is 21.6 Å². The Bertz CT molecular complexity index is 4570. The van der Waals surface area contributed by atoms with Gasteiger partial charge in [0, 0.05) is 125 Å². The van der Waals surface area contributed by atoms with Crippen LogP contribution in [0.5, 0.6) is 28.7 Å². The minimum Gasteiger partial charge on any atom is -0.508 e. The lowest BCUT2D eigenvalue weighted by Gasteiger charge is -2.63. The molecule has 4 saturated carbocycles. The van der Waals surface area contributed by atoms with Gasteiger partial charge in [-0.15, -0.1) is 0 Å². The van der Waals surface area contributed by atoms with Crippen LogP contribution < -0.4 is 35.9 Å². The number of aliphatic hydroxyl groups excluding tert-OH is 2. The normalized spacial score (nSPS) is 34.9. The van der Waals surface area contributed by atoms with E-state index in [0.717, 1.165) is 94.4 Å². The minimum atomic E-state index is -1.34. The quantitative estimate of drug-likeness (QED) is 0.0208. The van der Waals surface area contributed by atoms with Gasteiger partial charge in [0.2, 0.25) is 0 Å². The summed E-state index contributed by atoms with van der Waals surface area (Å²) in [7, 11) is 5.55. The number of nitrogens with two attached hydrogens (primary N) is 1. The van der Waals surface area contributed by atoms with Crippen LogP contribution in [0.2, 0.25) is 0 Å². The second-order valence-corrected chi connectivity index (χ2v) is 35.1. The summed E-state index contributed by atoms with van der Waals surface area (Å²) in [6.45, 7) is 3.53. The van der Waals surface area contributed by atoms with Crippen molar-refractivity contribution < 1.29 is 54.0 Å². The maximum Gasteiger partial charge on any atom is 0.302 e. The smallest absolute Gasteiger partial charge is 0.302 e. The Labute approximate surface area is 618 Å². The molecule has 5 fully saturated rings. The highest BCUT2D eigenvalue weighted by Crippen LogP contribution is 2.78. The van der Waals surface area contributed by atoms with E-state index in [1.807, 2.05) is 27.7 Å². The summed E-state index contributed by atoms with van der Waals surface area (Å²) in [4.78, 5) is 13.8. The molecule has 0 aromatic heterocycles. The molecule has 10 N–H and O–H groups in total. The molecule has 542 valence electrons. The first-order chi connectivity index (χ1) is 50.7. The lowest BCUT2D eigenvalue weighted by molar-refractivity contribution is -0.141. The molecule has 18 rings (SSSR count). The molecule has 0 radical (unpaired) electrons. The number of phenols is 2. The number of aliphatic hydroxyl groups is 3. The third-order valence-corrected chi connectivity index (χ3v) is 30.2. The van der Waals surface area contributed by atoms with Crippen LogP contribution in [0.3, 0.4) is 0 Å². The van der Waals surface area contributed by atoms with Gasteiger partial charge < -0.3 is 70.9 Å². The molecule has 6 aliphatic heterocycles. The molecular formula is C87H96N4O11S2. The van der Waals surface area contributed by atoms with Gasteiger partial charge in [-0.25, -0.2) is 0 Å². The van der Waals surface area contributed by atoms with Crippen molar-refractivity contribution in [2.75, 3.05) is 46.0 Å². The molecule has 6 heterocycles. The van der Waals surface area contributed by atoms with E-state index in [1.165, 1.54) is 24.5 Å². The number of nitrogens with one attached hydrogen (secondary N) is 3. The average Bonchev–Trinajstić information content (AvgIpc) is 1.41. The van der Waals surface area contributed by atoms with Crippen LogP contribution in [0.15, 0.2) is 120 Å². The standard InChI is InChI=1S/C87H96N4O11S2/c1-4-52-36-64-69(91-83(52)88)26-20-53-18-19-54-32-50-14-10-16-56(33-50)87-29-9-8-28-86(87,97)39-57-21-25-68-63-37-59(95)38-71(100-47-93)74(63)61-23-22-60-67(44-99-48(2)94)78(101-79(60)76(61)85(68)31-30-84(57,46-85)82(64)87)75-62-24-27-70-81(102-80(62)77(96)65(73(53)75)41-89-40-55(42-92)66(54)43-98-3)72(35-49-12-6-5-7-13-49)104-103-45-51-15-11-17-58(34-51)90-70/h5-7,10,12-14,16,22-24,27,33,36-39,51,53-55,58,66-68,70,72,78,81-83,89-93,95-97H,4,8-9,11,15,17,21,25,28-32,34-35,40-47,88H2,1-3H3. The van der Waals surface area contributed by atoms with Crippen LogP contribution in [-0.2, 0) is 44.5 Å². The zero-order valence-electron chi connectivity index (χ0n) is 59.7. The molecule has 3 spiro atoms. The number of rotatable bonds is 10. The largest absolute Gasteiger partial charge is 0.508 e. The van der Waals surface area contributed by atoms with Crippen molar-refractivity contribution in [3.05, 3.63) is 175 Å². The highest BCUT2D eigenvalue weighted by atomic mass is 33.1. The van der Waals surface area contributed by atoms with Crippen molar-refractivity contribution in [3.63, 3.8) is 0 Å². The monoisotopic (exact) mass is 1440 g/mol. The predicted octanol–water partition coefficient (Wildman–Crippen LogP) is 13.0. The molecule has 104 heavy (non-hydrogen) atoms. The van der Waals surface area contributed by atoms with Crippen LogP contribution in [-0.4, -0.2) is 113 Å². The molecule has 17 heteroatoms. The summed E-state index contributed by atoms with van der Waals surface area (Å²) in [6.07, 6.45) is 19.8. The van der Waals surface area contributed by atoms with Gasteiger partial charge in [0.15, 0.2) is 18.3 Å². The molecule has 5 aromatic rings. The van der Waals surface area contributed by atoms with E-state index < -0.39 is 76.7 Å². The third kappa shape index (κ3) is 10.9. The van der Waals surface area contributed by atoms with Crippen LogP contribution in [0.1, 0.15) is 183 Å². The summed E-state index contributed by atoms with van der Waals surface area (Å²) in [5.74, 6) is 15.1. The Kier molecular flexibility index (Phi) is 17.8. The number of hydrogen-bond acceptors (Lipinski definition) is 17. The Morgan fingerprint density at radius 1 is 0.894 bits per heavy atom. The van der Waals surface area contributed by atoms with Crippen LogP contribution in [0.4, 0.5) is 0 Å². The second-order valence-electron chi connectivity index (χ2n) is 32.4. The number of allylic oxidation sites excluding steroid dienone is 4. The van der Waals surface area contributed by atoms with Crippen molar-refractivity contribution in [1.29, 1.82) is 0 Å². The van der Waals surface area contributed by atoms with Gasteiger partial charge in [0.05, 0.1) is 41.3 Å². The number of esters is 1. The Morgan fingerprint density at radius 2 is 1.76 bits per heavy atom. The van der Waals surface area contributed by atoms with Gasteiger partial charge >= 0.3 is 5.97 Å². The van der Waals surface area contributed by atoms with Gasteiger partial charge in [0.25, 0.3) is 0 Å². The number of ether oxygens (including phenoxy) is 5. The Balaban J connectivity index is 0.999. The van der Waals surface area contributed by atoms with Gasteiger partial charge in [0.1, 0.15) is 42.0 Å². The molecule has 18 unspecified atom stereocenters. The SMILES string of the molecule is CCC1=CC2=C(C#CC3C#CC4Cc5cccc(c5)C56CCCCC5(O)C=C5CCC7c8cc(O)cc(OCO)c8-c8ccc9c(c8C78CCC5(C8)C26)OC(c2c5c(c(O)c(c23)CNCC(CO)C4COC)OC2C(C=C5)NC3CCCC(CSSC2Cc2ccccc2)C3)C9COC(C)=O)NC1N. The molecule has 1 saturated heterocycles. The summed E-state index contributed by atoms with van der Waals surface area (Å²) in [5.41, 5.74) is 18.2. The summed E-state index contributed by atoms with van der Waals surface area (Å²) >= 11 is 0. The van der Waals surface area contributed by atoms with Crippen molar-refractivity contribution in [2.24, 2.45) is 40.7 Å². The van der Waals surface area contributed by atoms with Crippen molar-refractivity contribution >= 4 is 33.6 Å². The maximum atomic E-state index is 14.8. The number of carbonyl (C=O) groups excluding carboxylic acids is 1. The molecule has 5 aromatic carbocycles. The van der Waals surface area contributed by atoms with E-state index in [-0.39, 0.29) is 66.3 Å². The number of benzene rings is 5. The fraction of sp³-hybridized carbons (Fsp3) is 0.506. The van der Waals surface area contributed by atoms with Gasteiger partial charge in [-0.3, -0.25) is 4.79 Å². The van der Waals surface area contributed by atoms with E-state index in [9.17, 15) is 30.3 Å². The number of carbonyl (C=O) groups is 1. The number of hydrogen-bond donors (Lipinski definition) is 9. The first-order valence-corrected chi connectivity index (χ1v) is 40.8. The van der Waals surface area contributed by atoms with Crippen LogP contribution in [0.25, 0.3) is 17.2 Å². The first kappa shape index (κ1) is 68.7. The number of dihydropyridines is 1. The zero-order chi connectivity index (χ0) is 71.0. The van der Waals surface area contributed by atoms with E-state index in [0.29, 0.717) is 122 Å². The van der Waals surface area contributed by atoms with Crippen molar-refractivity contribution in [1.82, 2.24) is 16.0 Å².